The van der Waals surface area contributed by atoms with Crippen molar-refractivity contribution in [3.63, 3.8) is 0 Å². The number of nitrogens with zero attached hydrogens (tertiary/aromatic N) is 3. The Morgan fingerprint density at radius 3 is 2.71 bits per heavy atom. The van der Waals surface area contributed by atoms with Crippen molar-refractivity contribution in [1.29, 1.82) is 0 Å². The first-order valence-corrected chi connectivity index (χ1v) is 9.68. The molecular weight excluding hydrogens is 394 g/mol. The second-order valence-corrected chi connectivity index (χ2v) is 7.54. The number of carbonyl (C=O) groups is 1. The molecule has 5 nitrogen and oxygen atoms in total. The summed E-state index contributed by atoms with van der Waals surface area (Å²) < 4.78 is 6.29. The van der Waals surface area contributed by atoms with Crippen molar-refractivity contribution < 1.29 is 9.21 Å². The highest BCUT2D eigenvalue weighted by molar-refractivity contribution is 7.22. The van der Waals surface area contributed by atoms with Crippen molar-refractivity contribution in [2.45, 2.75) is 0 Å². The number of amides is 1. The summed E-state index contributed by atoms with van der Waals surface area (Å²) in [6, 6.07) is 18.6. The number of thiazole rings is 1. The quantitative estimate of drug-likeness (QED) is 0.430. The number of furan rings is 1. The van der Waals surface area contributed by atoms with Gasteiger partial charge < -0.3 is 4.42 Å². The van der Waals surface area contributed by atoms with E-state index in [1.165, 1.54) is 11.3 Å². The maximum absolute atomic E-state index is 13.2. The Hall–Kier alpha value is -3.22. The number of aliphatic imine (C=N–C) groups is 1. The van der Waals surface area contributed by atoms with Gasteiger partial charge in [-0.05, 0) is 30.3 Å². The van der Waals surface area contributed by atoms with Crippen molar-refractivity contribution in [3.8, 4) is 0 Å². The minimum atomic E-state index is -0.250. The molecular formula is C21H12ClN3O2S. The van der Waals surface area contributed by atoms with Crippen molar-refractivity contribution in [3.05, 3.63) is 89.0 Å². The van der Waals surface area contributed by atoms with Crippen LogP contribution in [-0.2, 0) is 4.79 Å². The molecule has 0 unspecified atom stereocenters. The summed E-state index contributed by atoms with van der Waals surface area (Å²) in [6.45, 7) is 0. The Balaban J connectivity index is 1.65. The highest BCUT2D eigenvalue weighted by Gasteiger charge is 2.34. The molecule has 0 saturated heterocycles. The van der Waals surface area contributed by atoms with Gasteiger partial charge in [0, 0.05) is 16.7 Å². The lowest BCUT2D eigenvalue weighted by Gasteiger charge is -2.14. The summed E-state index contributed by atoms with van der Waals surface area (Å²) >= 11 is 7.50. The van der Waals surface area contributed by atoms with Crippen LogP contribution in [0.25, 0.3) is 16.3 Å². The Morgan fingerprint density at radius 2 is 1.93 bits per heavy atom. The summed E-state index contributed by atoms with van der Waals surface area (Å²) in [5, 5.41) is 1.15. The largest absolute Gasteiger partial charge is 0.465 e. The zero-order valence-electron chi connectivity index (χ0n) is 14.4. The number of hydrogen-bond donors (Lipinski definition) is 0. The highest BCUT2D eigenvalue weighted by Crippen LogP contribution is 2.35. The number of amidine groups is 1. The average Bonchev–Trinajstić information content (AvgIpc) is 3.42. The molecule has 0 bridgehead atoms. The van der Waals surface area contributed by atoms with Crippen LogP contribution in [-0.4, -0.2) is 16.7 Å². The van der Waals surface area contributed by atoms with Crippen LogP contribution in [0, 0.1) is 0 Å². The van der Waals surface area contributed by atoms with Gasteiger partial charge in [0.2, 0.25) is 0 Å². The van der Waals surface area contributed by atoms with E-state index in [1.807, 2.05) is 42.5 Å². The van der Waals surface area contributed by atoms with E-state index in [1.54, 1.807) is 35.4 Å². The van der Waals surface area contributed by atoms with Gasteiger partial charge in [-0.2, -0.15) is 0 Å². The molecule has 1 aliphatic heterocycles. The lowest BCUT2D eigenvalue weighted by Crippen LogP contribution is -2.32. The third-order valence-corrected chi connectivity index (χ3v) is 5.50. The molecule has 3 heterocycles. The van der Waals surface area contributed by atoms with Gasteiger partial charge in [-0.3, -0.25) is 4.79 Å². The molecule has 2 aromatic heterocycles. The zero-order valence-corrected chi connectivity index (χ0v) is 15.9. The lowest BCUT2D eigenvalue weighted by atomic mass is 10.2. The molecule has 0 saturated carbocycles. The molecule has 0 aliphatic carbocycles. The summed E-state index contributed by atoms with van der Waals surface area (Å²) in [7, 11) is 0. The Morgan fingerprint density at radius 1 is 1.07 bits per heavy atom. The Kier molecular flexibility index (Phi) is 4.07. The molecule has 7 heteroatoms. The van der Waals surface area contributed by atoms with Gasteiger partial charge in [0.25, 0.3) is 5.91 Å². The third-order valence-electron chi connectivity index (χ3n) is 4.24. The number of fused-ring (bicyclic) bond motifs is 1. The molecule has 2 aromatic carbocycles. The van der Waals surface area contributed by atoms with Crippen LogP contribution in [0.1, 0.15) is 11.3 Å². The predicted octanol–water partition coefficient (Wildman–Crippen LogP) is 5.38. The van der Waals surface area contributed by atoms with Gasteiger partial charge in [0.1, 0.15) is 17.3 Å². The van der Waals surface area contributed by atoms with Crippen LogP contribution in [0.15, 0.2) is 82.0 Å². The first kappa shape index (κ1) is 16.9. The van der Waals surface area contributed by atoms with Crippen LogP contribution >= 0.6 is 22.9 Å². The highest BCUT2D eigenvalue weighted by atomic mass is 35.5. The van der Waals surface area contributed by atoms with E-state index in [2.05, 4.69) is 9.98 Å². The Labute approximate surface area is 169 Å². The summed E-state index contributed by atoms with van der Waals surface area (Å²) in [4.78, 5) is 24.0. The fraction of sp³-hybridized carbons (Fsp3) is 0. The van der Waals surface area contributed by atoms with E-state index in [0.29, 0.717) is 27.4 Å². The number of anilines is 1. The predicted molar refractivity (Wildman–Crippen MR) is 112 cm³/mol. The first-order chi connectivity index (χ1) is 13.7. The second kappa shape index (κ2) is 6.74. The van der Waals surface area contributed by atoms with Crippen molar-refractivity contribution in [1.82, 2.24) is 4.98 Å². The third kappa shape index (κ3) is 2.93. The minimum absolute atomic E-state index is 0.250. The van der Waals surface area contributed by atoms with Crippen LogP contribution in [0.4, 0.5) is 5.13 Å². The van der Waals surface area contributed by atoms with Crippen LogP contribution in [0.5, 0.6) is 0 Å². The van der Waals surface area contributed by atoms with E-state index in [-0.39, 0.29) is 5.91 Å². The van der Waals surface area contributed by atoms with Gasteiger partial charge in [-0.15, -0.1) is 0 Å². The average molecular weight is 406 g/mol. The molecule has 4 aromatic rings. The fourth-order valence-electron chi connectivity index (χ4n) is 2.97. The molecule has 0 N–H and O–H groups in total. The minimum Gasteiger partial charge on any atom is -0.465 e. The number of hydrogen-bond acceptors (Lipinski definition) is 5. The molecule has 5 rings (SSSR count). The SMILES string of the molecule is O=C1C(=Cc2ccco2)N=C(c2ccccc2)N1c1nc2cc(Cl)ccc2s1. The van der Waals surface area contributed by atoms with Crippen LogP contribution < -0.4 is 4.90 Å². The van der Waals surface area contributed by atoms with E-state index in [9.17, 15) is 4.79 Å². The first-order valence-electron chi connectivity index (χ1n) is 8.49. The van der Waals surface area contributed by atoms with Crippen molar-refractivity contribution >= 4 is 56.1 Å². The summed E-state index contributed by atoms with van der Waals surface area (Å²) in [6.07, 6.45) is 3.19. The van der Waals surface area contributed by atoms with Crippen molar-refractivity contribution in [2.24, 2.45) is 4.99 Å². The van der Waals surface area contributed by atoms with E-state index >= 15 is 0 Å². The molecule has 0 radical (unpaired) electrons. The van der Waals surface area contributed by atoms with Gasteiger partial charge in [-0.1, -0.05) is 53.3 Å². The van der Waals surface area contributed by atoms with E-state index in [4.69, 9.17) is 16.0 Å². The van der Waals surface area contributed by atoms with E-state index in [0.717, 1.165) is 15.8 Å². The lowest BCUT2D eigenvalue weighted by molar-refractivity contribution is -0.113. The van der Waals surface area contributed by atoms with Crippen molar-refractivity contribution in [2.75, 3.05) is 4.90 Å². The van der Waals surface area contributed by atoms with Crippen LogP contribution in [0.2, 0.25) is 5.02 Å². The Bertz CT molecular complexity index is 1240. The maximum atomic E-state index is 13.2. The second-order valence-electron chi connectivity index (χ2n) is 6.10. The number of carbonyl (C=O) groups excluding carboxylic acids is 1. The fourth-order valence-corrected chi connectivity index (χ4v) is 4.08. The molecule has 28 heavy (non-hydrogen) atoms. The number of aromatic nitrogens is 1. The molecule has 1 amide bonds. The smallest absolute Gasteiger partial charge is 0.284 e. The topological polar surface area (TPSA) is 58.7 Å². The van der Waals surface area contributed by atoms with Gasteiger partial charge >= 0.3 is 0 Å². The molecule has 136 valence electrons. The number of rotatable bonds is 3. The molecule has 0 atom stereocenters. The monoisotopic (exact) mass is 405 g/mol. The van der Waals surface area contributed by atoms with Gasteiger partial charge in [0.05, 0.1) is 16.5 Å². The number of benzene rings is 2. The number of halogens is 1. The van der Waals surface area contributed by atoms with Crippen LogP contribution in [0.3, 0.4) is 0 Å². The normalized spacial score (nSPS) is 15.6. The standard InChI is InChI=1S/C21H12ClN3O2S/c22-14-8-9-18-16(11-14)24-21(28-18)25-19(13-5-2-1-3-6-13)23-17(20(25)26)12-15-7-4-10-27-15/h1-12H. The molecule has 0 spiro atoms. The van der Waals surface area contributed by atoms with E-state index < -0.39 is 0 Å². The summed E-state index contributed by atoms with van der Waals surface area (Å²) in [5.41, 5.74) is 1.87. The van der Waals surface area contributed by atoms with Gasteiger partial charge in [0.15, 0.2) is 5.13 Å². The molecule has 0 fully saturated rings. The zero-order chi connectivity index (χ0) is 19.1. The maximum Gasteiger partial charge on any atom is 0.284 e. The van der Waals surface area contributed by atoms with Gasteiger partial charge in [-0.25, -0.2) is 14.9 Å². The molecule has 1 aliphatic rings. The summed E-state index contributed by atoms with van der Waals surface area (Å²) in [5.74, 6) is 0.853.